The predicted octanol–water partition coefficient (Wildman–Crippen LogP) is 3.47. The maximum atomic E-state index is 12.6. The molecule has 0 saturated heterocycles. The van der Waals surface area contributed by atoms with Crippen LogP contribution in [0.5, 0.6) is 17.2 Å². The summed E-state index contributed by atoms with van der Waals surface area (Å²) in [5, 5.41) is 0. The number of methoxy groups -OCH3 is 2. The molecule has 0 atom stereocenters. The molecule has 0 radical (unpaired) electrons. The molecule has 0 bridgehead atoms. The molecule has 0 heterocycles. The molecule has 0 unspecified atom stereocenters. The third kappa shape index (κ3) is 5.14. The number of aryl methyl sites for hydroxylation is 2. The van der Waals surface area contributed by atoms with Gasteiger partial charge in [0.15, 0.2) is 0 Å². The van der Waals surface area contributed by atoms with Crippen molar-refractivity contribution in [1.29, 1.82) is 0 Å². The van der Waals surface area contributed by atoms with Gasteiger partial charge in [-0.2, -0.15) is 0 Å². The average Bonchev–Trinajstić information content (AvgIpc) is 2.59. The number of ether oxygens (including phenoxy) is 3. The van der Waals surface area contributed by atoms with Crippen LogP contribution in [0, 0.1) is 13.8 Å². The summed E-state index contributed by atoms with van der Waals surface area (Å²) in [7, 11) is 4.87. The minimum absolute atomic E-state index is 0.110. The standard InChI is InChI=1S/C20H25NO4/c1-14-8-15(2)10-19(9-14)25-7-6-21(3)20(22)16-11-17(23-4)13-18(12-16)24-5/h8-13H,6-7H2,1-5H3. The van der Waals surface area contributed by atoms with E-state index in [4.69, 9.17) is 14.2 Å². The molecule has 0 N–H and O–H groups in total. The van der Waals surface area contributed by atoms with E-state index in [2.05, 4.69) is 6.07 Å². The van der Waals surface area contributed by atoms with Crippen molar-refractivity contribution in [3.05, 3.63) is 53.1 Å². The van der Waals surface area contributed by atoms with E-state index in [0.717, 1.165) is 16.9 Å². The fourth-order valence-electron chi connectivity index (χ4n) is 2.57. The van der Waals surface area contributed by atoms with Gasteiger partial charge >= 0.3 is 0 Å². The van der Waals surface area contributed by atoms with Gasteiger partial charge in [-0.25, -0.2) is 0 Å². The highest BCUT2D eigenvalue weighted by molar-refractivity contribution is 5.95. The fourth-order valence-corrected chi connectivity index (χ4v) is 2.57. The number of likely N-dealkylation sites (N-methyl/N-ethyl adjacent to an activating group) is 1. The Labute approximate surface area is 149 Å². The molecule has 2 aromatic carbocycles. The Hall–Kier alpha value is -2.69. The van der Waals surface area contributed by atoms with Crippen LogP contribution >= 0.6 is 0 Å². The van der Waals surface area contributed by atoms with Crippen molar-refractivity contribution >= 4 is 5.91 Å². The minimum Gasteiger partial charge on any atom is -0.497 e. The maximum Gasteiger partial charge on any atom is 0.253 e. The van der Waals surface area contributed by atoms with Crippen LogP contribution in [-0.4, -0.2) is 45.2 Å². The van der Waals surface area contributed by atoms with Crippen LogP contribution < -0.4 is 14.2 Å². The normalized spacial score (nSPS) is 10.3. The van der Waals surface area contributed by atoms with Gasteiger partial charge < -0.3 is 19.1 Å². The number of benzene rings is 2. The van der Waals surface area contributed by atoms with Crippen LogP contribution in [-0.2, 0) is 0 Å². The van der Waals surface area contributed by atoms with Gasteiger partial charge in [0.2, 0.25) is 0 Å². The summed E-state index contributed by atoms with van der Waals surface area (Å²) in [6, 6.07) is 11.2. The highest BCUT2D eigenvalue weighted by Crippen LogP contribution is 2.23. The Kier molecular flexibility index (Phi) is 6.28. The molecule has 0 spiro atoms. The zero-order chi connectivity index (χ0) is 18.4. The van der Waals surface area contributed by atoms with Gasteiger partial charge in [0.1, 0.15) is 23.9 Å². The van der Waals surface area contributed by atoms with Crippen LogP contribution in [0.3, 0.4) is 0 Å². The van der Waals surface area contributed by atoms with Crippen LogP contribution in [0.25, 0.3) is 0 Å². The Balaban J connectivity index is 1.98. The maximum absolute atomic E-state index is 12.6. The predicted molar refractivity (Wildman–Crippen MR) is 97.9 cm³/mol. The first-order chi connectivity index (χ1) is 11.9. The lowest BCUT2D eigenvalue weighted by atomic mass is 10.1. The summed E-state index contributed by atoms with van der Waals surface area (Å²) >= 11 is 0. The average molecular weight is 343 g/mol. The molecule has 2 aromatic rings. The third-order valence-corrected chi connectivity index (χ3v) is 3.84. The van der Waals surface area contributed by atoms with Gasteiger partial charge in [-0.3, -0.25) is 4.79 Å². The zero-order valence-corrected chi connectivity index (χ0v) is 15.5. The first kappa shape index (κ1) is 18.6. The lowest BCUT2D eigenvalue weighted by molar-refractivity contribution is 0.0773. The monoisotopic (exact) mass is 343 g/mol. The second-order valence-electron chi connectivity index (χ2n) is 6.00. The van der Waals surface area contributed by atoms with Gasteiger partial charge in [0, 0.05) is 18.7 Å². The third-order valence-electron chi connectivity index (χ3n) is 3.84. The number of hydrogen-bond donors (Lipinski definition) is 0. The van der Waals surface area contributed by atoms with Crippen LogP contribution in [0.1, 0.15) is 21.5 Å². The van der Waals surface area contributed by atoms with Crippen LogP contribution in [0.4, 0.5) is 0 Å². The highest BCUT2D eigenvalue weighted by Gasteiger charge is 2.14. The molecule has 5 heteroatoms. The number of carbonyl (C=O) groups excluding carboxylic acids is 1. The van der Waals surface area contributed by atoms with Crippen LogP contribution in [0.2, 0.25) is 0 Å². The molecule has 1 amide bonds. The number of nitrogens with zero attached hydrogens (tertiary/aromatic N) is 1. The Bertz CT molecular complexity index is 700. The number of amides is 1. The van der Waals surface area contributed by atoms with E-state index in [9.17, 15) is 4.79 Å². The quantitative estimate of drug-likeness (QED) is 0.772. The van der Waals surface area contributed by atoms with E-state index in [0.29, 0.717) is 30.2 Å². The topological polar surface area (TPSA) is 48.0 Å². The molecule has 5 nitrogen and oxygen atoms in total. The minimum atomic E-state index is -0.110. The highest BCUT2D eigenvalue weighted by atomic mass is 16.5. The smallest absolute Gasteiger partial charge is 0.253 e. The Morgan fingerprint density at radius 1 is 0.880 bits per heavy atom. The summed E-state index contributed by atoms with van der Waals surface area (Å²) < 4.78 is 16.2. The van der Waals surface area contributed by atoms with E-state index in [-0.39, 0.29) is 5.91 Å². The summed E-state index contributed by atoms with van der Waals surface area (Å²) in [5.74, 6) is 1.88. The van der Waals surface area contributed by atoms with Crippen molar-refractivity contribution < 1.29 is 19.0 Å². The molecular weight excluding hydrogens is 318 g/mol. The fraction of sp³-hybridized carbons (Fsp3) is 0.350. The zero-order valence-electron chi connectivity index (χ0n) is 15.5. The van der Waals surface area contributed by atoms with Gasteiger partial charge in [-0.05, 0) is 49.2 Å². The second kappa shape index (κ2) is 8.42. The molecule has 0 saturated carbocycles. The molecule has 0 fully saturated rings. The van der Waals surface area contributed by atoms with Crippen molar-refractivity contribution in [3.63, 3.8) is 0 Å². The number of carbonyl (C=O) groups is 1. The van der Waals surface area contributed by atoms with E-state index in [1.807, 2.05) is 26.0 Å². The first-order valence-electron chi connectivity index (χ1n) is 8.12. The van der Waals surface area contributed by atoms with Crippen molar-refractivity contribution in [2.75, 3.05) is 34.4 Å². The molecule has 0 aliphatic carbocycles. The van der Waals surface area contributed by atoms with E-state index in [1.165, 1.54) is 0 Å². The SMILES string of the molecule is COc1cc(OC)cc(C(=O)N(C)CCOc2cc(C)cc(C)c2)c1. The number of hydrogen-bond acceptors (Lipinski definition) is 4. The number of rotatable bonds is 7. The Morgan fingerprint density at radius 2 is 1.44 bits per heavy atom. The van der Waals surface area contributed by atoms with Gasteiger partial charge in [-0.15, -0.1) is 0 Å². The van der Waals surface area contributed by atoms with Gasteiger partial charge in [0.25, 0.3) is 5.91 Å². The van der Waals surface area contributed by atoms with Crippen molar-refractivity contribution in [1.82, 2.24) is 4.90 Å². The van der Waals surface area contributed by atoms with Crippen LogP contribution in [0.15, 0.2) is 36.4 Å². The van der Waals surface area contributed by atoms with Gasteiger partial charge in [0.05, 0.1) is 20.8 Å². The van der Waals surface area contributed by atoms with Crippen molar-refractivity contribution in [2.24, 2.45) is 0 Å². The molecule has 0 aliphatic heterocycles. The molecule has 0 aliphatic rings. The van der Waals surface area contributed by atoms with Crippen molar-refractivity contribution in [3.8, 4) is 17.2 Å². The molecule has 2 rings (SSSR count). The Morgan fingerprint density at radius 3 is 1.96 bits per heavy atom. The van der Waals surface area contributed by atoms with Crippen molar-refractivity contribution in [2.45, 2.75) is 13.8 Å². The molecular formula is C20H25NO4. The summed E-state index contributed by atoms with van der Waals surface area (Å²) in [6.07, 6.45) is 0. The summed E-state index contributed by atoms with van der Waals surface area (Å²) in [6.45, 7) is 4.97. The van der Waals surface area contributed by atoms with E-state index < -0.39 is 0 Å². The van der Waals surface area contributed by atoms with E-state index >= 15 is 0 Å². The first-order valence-corrected chi connectivity index (χ1v) is 8.12. The van der Waals surface area contributed by atoms with E-state index in [1.54, 1.807) is 44.4 Å². The molecule has 0 aromatic heterocycles. The van der Waals surface area contributed by atoms with Gasteiger partial charge in [-0.1, -0.05) is 6.07 Å². The summed E-state index contributed by atoms with van der Waals surface area (Å²) in [5.41, 5.74) is 2.83. The molecule has 25 heavy (non-hydrogen) atoms. The lowest BCUT2D eigenvalue weighted by Crippen LogP contribution is -2.30. The second-order valence-corrected chi connectivity index (χ2v) is 6.00. The lowest BCUT2D eigenvalue weighted by Gasteiger charge is -2.18. The largest absolute Gasteiger partial charge is 0.497 e. The summed E-state index contributed by atoms with van der Waals surface area (Å²) in [4.78, 5) is 14.2. The molecule has 134 valence electrons.